The first-order valence-corrected chi connectivity index (χ1v) is 14.4. The molecule has 0 aliphatic carbocycles. The van der Waals surface area contributed by atoms with Crippen LogP contribution in [0.3, 0.4) is 0 Å². The summed E-state index contributed by atoms with van der Waals surface area (Å²) in [6, 6.07) is 37.7. The van der Waals surface area contributed by atoms with Crippen LogP contribution in [0.1, 0.15) is 49.3 Å². The Morgan fingerprint density at radius 3 is 2.05 bits per heavy atom. The topological polar surface area (TPSA) is 51.3 Å². The molecule has 0 radical (unpaired) electrons. The van der Waals surface area contributed by atoms with Gasteiger partial charge in [0, 0.05) is 5.75 Å². The van der Waals surface area contributed by atoms with E-state index in [0.29, 0.717) is 22.8 Å². The van der Waals surface area contributed by atoms with Gasteiger partial charge in [0.15, 0.2) is 0 Å². The highest BCUT2D eigenvalue weighted by Gasteiger charge is 2.17. The molecule has 1 aromatic heterocycles. The van der Waals surface area contributed by atoms with Gasteiger partial charge in [0.2, 0.25) is 5.89 Å². The minimum Gasteiger partial charge on any atom is -0.415 e. The Morgan fingerprint density at radius 1 is 0.744 bits per heavy atom. The Bertz CT molecular complexity index is 1490. The molecule has 0 amide bonds. The first kappa shape index (κ1) is 26.6. The van der Waals surface area contributed by atoms with Crippen molar-refractivity contribution < 1.29 is 4.42 Å². The lowest BCUT2D eigenvalue weighted by Crippen LogP contribution is -2.04. The molecule has 5 aromatic rings. The highest BCUT2D eigenvalue weighted by atomic mass is 32.2. The highest BCUT2D eigenvalue weighted by Crippen LogP contribution is 2.28. The van der Waals surface area contributed by atoms with Crippen LogP contribution in [-0.4, -0.2) is 21.7 Å². The van der Waals surface area contributed by atoms with E-state index < -0.39 is 0 Å². The van der Waals surface area contributed by atoms with Gasteiger partial charge in [-0.1, -0.05) is 123 Å². The zero-order chi connectivity index (χ0) is 27.0. The second kappa shape index (κ2) is 12.7. The van der Waals surface area contributed by atoms with Gasteiger partial charge in [0.05, 0.1) is 17.3 Å². The van der Waals surface area contributed by atoms with E-state index in [4.69, 9.17) is 9.41 Å². The van der Waals surface area contributed by atoms with E-state index in [1.165, 1.54) is 34.0 Å². The molecule has 1 heterocycles. The number of hydrogen-bond acceptors (Lipinski definition) is 5. The lowest BCUT2D eigenvalue weighted by molar-refractivity contribution is 0.404. The van der Waals surface area contributed by atoms with Crippen molar-refractivity contribution in [2.75, 3.05) is 5.75 Å². The second-order valence-corrected chi connectivity index (χ2v) is 11.0. The van der Waals surface area contributed by atoms with Gasteiger partial charge in [-0.15, -0.1) is 10.2 Å². The summed E-state index contributed by atoms with van der Waals surface area (Å²) < 4.78 is 6.09. The summed E-state index contributed by atoms with van der Waals surface area (Å²) in [5.74, 6) is 1.91. The largest absolute Gasteiger partial charge is 0.415 e. The summed E-state index contributed by atoms with van der Waals surface area (Å²) in [6.07, 6.45) is 1.08. The Labute approximate surface area is 235 Å². The minimum absolute atomic E-state index is 0.0305. The third kappa shape index (κ3) is 7.12. The van der Waals surface area contributed by atoms with Crippen molar-refractivity contribution in [3.05, 3.63) is 132 Å². The van der Waals surface area contributed by atoms with Crippen molar-refractivity contribution in [2.24, 2.45) is 10.9 Å². The fourth-order valence-electron chi connectivity index (χ4n) is 4.46. The summed E-state index contributed by atoms with van der Waals surface area (Å²) in [4.78, 5) is 4.97. The smallest absolute Gasteiger partial charge is 0.276 e. The maximum absolute atomic E-state index is 6.09. The van der Waals surface area contributed by atoms with E-state index in [1.54, 1.807) is 0 Å². The molecule has 4 nitrogen and oxygen atoms in total. The average molecular weight is 532 g/mol. The molecule has 1 atom stereocenters. The molecule has 5 rings (SSSR count). The third-order valence-electron chi connectivity index (χ3n) is 6.59. The molecule has 39 heavy (non-hydrogen) atoms. The van der Waals surface area contributed by atoms with Crippen LogP contribution < -0.4 is 0 Å². The van der Waals surface area contributed by atoms with E-state index in [9.17, 15) is 0 Å². The molecular formula is C34H33N3OS. The summed E-state index contributed by atoms with van der Waals surface area (Å²) in [6.45, 7) is 6.59. The van der Waals surface area contributed by atoms with Crippen molar-refractivity contribution in [3.8, 4) is 11.1 Å². The minimum atomic E-state index is 0.0305. The monoisotopic (exact) mass is 531 g/mol. The molecule has 196 valence electrons. The molecular weight excluding hydrogens is 498 g/mol. The average Bonchev–Trinajstić information content (AvgIpc) is 3.45. The lowest BCUT2D eigenvalue weighted by Gasteiger charge is -2.10. The van der Waals surface area contributed by atoms with Gasteiger partial charge < -0.3 is 4.42 Å². The second-order valence-electron chi connectivity index (χ2n) is 10.1. The van der Waals surface area contributed by atoms with Gasteiger partial charge in [0.1, 0.15) is 0 Å². The summed E-state index contributed by atoms with van der Waals surface area (Å²) in [5, 5.41) is 9.25. The van der Waals surface area contributed by atoms with Crippen LogP contribution in [0.5, 0.6) is 0 Å². The Morgan fingerprint density at radius 2 is 1.38 bits per heavy atom. The molecule has 0 spiro atoms. The van der Waals surface area contributed by atoms with Gasteiger partial charge in [-0.2, -0.15) is 0 Å². The summed E-state index contributed by atoms with van der Waals surface area (Å²) in [7, 11) is 0. The predicted molar refractivity (Wildman–Crippen MR) is 162 cm³/mol. The lowest BCUT2D eigenvalue weighted by atomic mass is 9.97. The quantitative estimate of drug-likeness (QED) is 0.133. The summed E-state index contributed by atoms with van der Waals surface area (Å²) in [5.41, 5.74) is 7.85. The Kier molecular flexibility index (Phi) is 8.69. The van der Waals surface area contributed by atoms with Crippen LogP contribution in [0.25, 0.3) is 11.1 Å². The van der Waals surface area contributed by atoms with E-state index in [0.717, 1.165) is 23.4 Å². The van der Waals surface area contributed by atoms with Gasteiger partial charge in [0.25, 0.3) is 5.22 Å². The highest BCUT2D eigenvalue weighted by molar-refractivity contribution is 7.99. The number of rotatable bonds is 10. The third-order valence-corrected chi connectivity index (χ3v) is 7.42. The molecule has 0 aliphatic heterocycles. The molecule has 0 bridgehead atoms. The standard InChI is InChI=1S/C34H33N3OS/c1-24(2)22-26-14-16-27(17-15-26)25(3)33-36-37-34(38-33)39-23-32(35-31-12-8-5-9-13-31)30-20-18-29(19-21-30)28-10-6-4-7-11-28/h4-21,24-25H,22-23H2,1-3H3. The molecule has 0 N–H and O–H groups in total. The Hall–Kier alpha value is -3.96. The molecule has 0 saturated carbocycles. The van der Waals surface area contributed by atoms with E-state index >= 15 is 0 Å². The van der Waals surface area contributed by atoms with Crippen molar-refractivity contribution >= 4 is 23.2 Å². The summed E-state index contributed by atoms with van der Waals surface area (Å²) >= 11 is 1.51. The number of para-hydroxylation sites is 1. The van der Waals surface area contributed by atoms with Gasteiger partial charge in [-0.25, -0.2) is 0 Å². The van der Waals surface area contributed by atoms with E-state index in [2.05, 4.69) is 104 Å². The fourth-order valence-corrected chi connectivity index (χ4v) is 5.20. The molecule has 0 fully saturated rings. The van der Waals surface area contributed by atoms with E-state index in [1.807, 2.05) is 36.4 Å². The SMILES string of the molecule is CC(C)Cc1ccc(C(C)c2nnc(SCC(=Nc3ccccc3)c3ccc(-c4ccccc4)cc3)o2)cc1. The molecule has 0 saturated heterocycles. The maximum atomic E-state index is 6.09. The maximum Gasteiger partial charge on any atom is 0.276 e. The number of hydrogen-bond donors (Lipinski definition) is 0. The first-order chi connectivity index (χ1) is 19.0. The number of aliphatic imine (C=N–C) groups is 1. The molecule has 1 unspecified atom stereocenters. The molecule has 0 aliphatic rings. The number of nitrogens with zero attached hydrogens (tertiary/aromatic N) is 3. The van der Waals surface area contributed by atoms with Crippen LogP contribution in [0.4, 0.5) is 5.69 Å². The number of benzene rings is 4. The molecule has 4 aromatic carbocycles. The first-order valence-electron chi connectivity index (χ1n) is 13.4. The van der Waals surface area contributed by atoms with Crippen LogP contribution in [0, 0.1) is 5.92 Å². The van der Waals surface area contributed by atoms with Crippen LogP contribution >= 0.6 is 11.8 Å². The fraction of sp³-hybridized carbons (Fsp3) is 0.206. The van der Waals surface area contributed by atoms with E-state index in [-0.39, 0.29) is 5.92 Å². The molecule has 5 heteroatoms. The van der Waals surface area contributed by atoms with Crippen molar-refractivity contribution in [2.45, 2.75) is 38.3 Å². The predicted octanol–water partition coefficient (Wildman–Crippen LogP) is 9.00. The van der Waals surface area contributed by atoms with Crippen LogP contribution in [0.2, 0.25) is 0 Å². The van der Waals surface area contributed by atoms with Crippen molar-refractivity contribution in [1.29, 1.82) is 0 Å². The zero-order valence-corrected chi connectivity index (χ0v) is 23.4. The number of thioether (sulfide) groups is 1. The van der Waals surface area contributed by atoms with Crippen LogP contribution in [-0.2, 0) is 6.42 Å². The van der Waals surface area contributed by atoms with Crippen molar-refractivity contribution in [1.82, 2.24) is 10.2 Å². The van der Waals surface area contributed by atoms with Crippen LogP contribution in [0.15, 0.2) is 124 Å². The Balaban J connectivity index is 1.31. The normalized spacial score (nSPS) is 12.6. The number of aromatic nitrogens is 2. The van der Waals surface area contributed by atoms with Gasteiger partial charge in [-0.05, 0) is 59.2 Å². The van der Waals surface area contributed by atoms with Crippen molar-refractivity contribution in [3.63, 3.8) is 0 Å². The van der Waals surface area contributed by atoms with Gasteiger partial charge >= 0.3 is 0 Å². The zero-order valence-electron chi connectivity index (χ0n) is 22.6. The van der Waals surface area contributed by atoms with Gasteiger partial charge in [-0.3, -0.25) is 4.99 Å².